The first kappa shape index (κ1) is 22.7. The van der Waals surface area contributed by atoms with E-state index in [1.807, 2.05) is 0 Å². The number of hydrogen-bond donors (Lipinski definition) is 0. The van der Waals surface area contributed by atoms with Crippen LogP contribution in [0.2, 0.25) is 0 Å². The van der Waals surface area contributed by atoms with Crippen LogP contribution < -0.4 is 0 Å². The summed E-state index contributed by atoms with van der Waals surface area (Å²) in [6, 6.07) is 5.38. The van der Waals surface area contributed by atoms with Gasteiger partial charge in [-0.15, -0.1) is 0 Å². The molecule has 0 spiro atoms. The normalized spacial score (nSPS) is 12.9. The molecule has 2 aromatic rings. The molecule has 0 radical (unpaired) electrons. The van der Waals surface area contributed by atoms with Crippen LogP contribution in [0.15, 0.2) is 35.2 Å². The summed E-state index contributed by atoms with van der Waals surface area (Å²) in [5.74, 6) is -0.843. The van der Waals surface area contributed by atoms with E-state index in [4.69, 9.17) is 4.74 Å². The summed E-state index contributed by atoms with van der Waals surface area (Å²) in [4.78, 5) is 11.8. The summed E-state index contributed by atoms with van der Waals surface area (Å²) < 4.78 is 70.2. The molecule has 0 aliphatic rings. The third-order valence-corrected chi connectivity index (χ3v) is 5.32. The molecule has 1 heterocycles. The summed E-state index contributed by atoms with van der Waals surface area (Å²) in [6.45, 7) is 3.98. The summed E-state index contributed by atoms with van der Waals surface area (Å²) in [5.41, 5.74) is -0.631. The molecule has 0 amide bonds. The van der Waals surface area contributed by atoms with E-state index in [-0.39, 0.29) is 22.8 Å². The molecule has 2 rings (SSSR count). The molecule has 1 aromatic heterocycles. The maximum Gasteiger partial charge on any atom is 0.433 e. The largest absolute Gasteiger partial charge is 0.465 e. The molecule has 0 fully saturated rings. The number of allylic oxidation sites excluding steroid dienone is 2. The lowest BCUT2D eigenvalue weighted by atomic mass is 9.99. The smallest absolute Gasteiger partial charge is 0.433 e. The maximum atomic E-state index is 13.9. The van der Waals surface area contributed by atoms with Crippen LogP contribution in [0.5, 0.6) is 0 Å². The van der Waals surface area contributed by atoms with Crippen LogP contribution in [-0.4, -0.2) is 37.0 Å². The number of hydrogen-bond acceptors (Lipinski definition) is 5. The molecule has 0 aliphatic heterocycles. The second-order valence-electron chi connectivity index (χ2n) is 6.30. The van der Waals surface area contributed by atoms with Crippen LogP contribution in [0.3, 0.4) is 0 Å². The van der Waals surface area contributed by atoms with Crippen LogP contribution in [-0.2, 0) is 32.1 Å². The highest BCUT2D eigenvalue weighted by atomic mass is 32.2. The lowest BCUT2D eigenvalue weighted by molar-refractivity contribution is -0.149. The molecular weight excluding hydrogens is 409 g/mol. The molecule has 6 nitrogen and oxygen atoms in total. The van der Waals surface area contributed by atoms with Gasteiger partial charge in [-0.2, -0.15) is 18.3 Å². The maximum absolute atomic E-state index is 13.9. The van der Waals surface area contributed by atoms with Crippen molar-refractivity contribution in [3.05, 3.63) is 41.6 Å². The lowest BCUT2D eigenvalue weighted by Gasteiger charge is -2.13. The summed E-state index contributed by atoms with van der Waals surface area (Å²) in [7, 11) is -3.46. The molecule has 0 atom stereocenters. The SMILES string of the molecule is C/C=C(\C)c1c(-c2ccc(S(C)(=O)=O)cc2)nn(CC(=O)OCC)c1C(F)(F)F. The van der Waals surface area contributed by atoms with Crippen molar-refractivity contribution in [1.29, 1.82) is 0 Å². The molecule has 0 unspecified atom stereocenters. The minimum atomic E-state index is -4.77. The van der Waals surface area contributed by atoms with Gasteiger partial charge < -0.3 is 4.74 Å². The van der Waals surface area contributed by atoms with Crippen LogP contribution in [0.4, 0.5) is 13.2 Å². The Kier molecular flexibility index (Phi) is 6.56. The topological polar surface area (TPSA) is 78.3 Å². The Bertz CT molecular complexity index is 1040. The minimum Gasteiger partial charge on any atom is -0.465 e. The van der Waals surface area contributed by atoms with E-state index in [9.17, 15) is 26.4 Å². The van der Waals surface area contributed by atoms with Crippen molar-refractivity contribution in [2.45, 2.75) is 38.4 Å². The number of alkyl halides is 3. The predicted molar refractivity (Wildman–Crippen MR) is 102 cm³/mol. The third kappa shape index (κ3) is 5.06. The zero-order valence-corrected chi connectivity index (χ0v) is 17.2. The number of benzene rings is 1. The van der Waals surface area contributed by atoms with E-state index in [0.29, 0.717) is 15.8 Å². The standard InChI is InChI=1S/C19H21F3N2O4S/c1-5-12(3)16-17(13-7-9-14(10-8-13)29(4,26)27)23-24(11-15(25)28-6-2)18(16)19(20,21)22/h5,7-10H,6,11H2,1-4H3/b12-5+. The Labute approximate surface area is 166 Å². The van der Waals surface area contributed by atoms with Crippen molar-refractivity contribution in [3.8, 4) is 11.3 Å². The molecule has 158 valence electrons. The zero-order valence-electron chi connectivity index (χ0n) is 16.4. The fraction of sp³-hybridized carbons (Fsp3) is 0.368. The highest BCUT2D eigenvalue weighted by molar-refractivity contribution is 7.90. The second kappa shape index (κ2) is 8.40. The van der Waals surface area contributed by atoms with Crippen molar-refractivity contribution in [1.82, 2.24) is 9.78 Å². The number of nitrogens with zero attached hydrogens (tertiary/aromatic N) is 2. The number of esters is 1. The number of sulfone groups is 1. The van der Waals surface area contributed by atoms with Gasteiger partial charge in [-0.25, -0.2) is 13.1 Å². The van der Waals surface area contributed by atoms with Crippen LogP contribution >= 0.6 is 0 Å². The number of aromatic nitrogens is 2. The summed E-state index contributed by atoms with van der Waals surface area (Å²) in [6.07, 6.45) is -2.23. The van der Waals surface area contributed by atoms with E-state index >= 15 is 0 Å². The molecule has 0 saturated heterocycles. The molecule has 0 saturated carbocycles. The van der Waals surface area contributed by atoms with Crippen LogP contribution in [0.1, 0.15) is 32.0 Å². The number of halogens is 3. The number of ether oxygens (including phenoxy) is 1. The Morgan fingerprint density at radius 3 is 2.28 bits per heavy atom. The highest BCUT2D eigenvalue weighted by Crippen LogP contribution is 2.40. The Hall–Kier alpha value is -2.62. The number of carbonyl (C=O) groups is 1. The molecular formula is C19H21F3N2O4S. The number of rotatable bonds is 6. The average Bonchev–Trinajstić information content (AvgIpc) is 3.00. The monoisotopic (exact) mass is 430 g/mol. The van der Waals surface area contributed by atoms with Crippen molar-refractivity contribution in [2.24, 2.45) is 0 Å². The predicted octanol–water partition coefficient (Wildman–Crippen LogP) is 3.96. The Morgan fingerprint density at radius 2 is 1.83 bits per heavy atom. The average molecular weight is 430 g/mol. The van der Waals surface area contributed by atoms with Crippen LogP contribution in [0, 0.1) is 0 Å². The Morgan fingerprint density at radius 1 is 1.24 bits per heavy atom. The third-order valence-electron chi connectivity index (χ3n) is 4.19. The molecule has 10 heteroatoms. The minimum absolute atomic E-state index is 0.00252. The molecule has 0 N–H and O–H groups in total. The fourth-order valence-electron chi connectivity index (χ4n) is 2.77. The number of carbonyl (C=O) groups excluding carboxylic acids is 1. The van der Waals surface area contributed by atoms with Gasteiger partial charge in [0.25, 0.3) is 0 Å². The van der Waals surface area contributed by atoms with Gasteiger partial charge in [-0.05, 0) is 38.5 Å². The van der Waals surface area contributed by atoms with Gasteiger partial charge in [0.15, 0.2) is 15.5 Å². The highest BCUT2D eigenvalue weighted by Gasteiger charge is 2.41. The van der Waals surface area contributed by atoms with Crippen molar-refractivity contribution in [2.75, 3.05) is 12.9 Å². The quantitative estimate of drug-likeness (QED) is 0.649. The van der Waals surface area contributed by atoms with E-state index in [1.54, 1.807) is 13.8 Å². The fourth-order valence-corrected chi connectivity index (χ4v) is 3.40. The summed E-state index contributed by atoms with van der Waals surface area (Å²) >= 11 is 0. The van der Waals surface area contributed by atoms with E-state index in [2.05, 4.69) is 5.10 Å². The second-order valence-corrected chi connectivity index (χ2v) is 8.32. The van der Waals surface area contributed by atoms with E-state index < -0.39 is 34.2 Å². The van der Waals surface area contributed by atoms with E-state index in [0.717, 1.165) is 6.26 Å². The van der Waals surface area contributed by atoms with Crippen molar-refractivity contribution in [3.63, 3.8) is 0 Å². The summed E-state index contributed by atoms with van der Waals surface area (Å²) in [5, 5.41) is 4.04. The van der Waals surface area contributed by atoms with Gasteiger partial charge in [-0.1, -0.05) is 18.2 Å². The molecule has 0 bridgehead atoms. The molecule has 0 aliphatic carbocycles. The van der Waals surface area contributed by atoms with Gasteiger partial charge in [0, 0.05) is 17.4 Å². The van der Waals surface area contributed by atoms with Crippen molar-refractivity contribution >= 4 is 21.4 Å². The van der Waals surface area contributed by atoms with Gasteiger partial charge >= 0.3 is 12.1 Å². The molecule has 1 aromatic carbocycles. The first-order valence-corrected chi connectivity index (χ1v) is 10.6. The van der Waals surface area contributed by atoms with Crippen molar-refractivity contribution < 1.29 is 31.1 Å². The van der Waals surface area contributed by atoms with Gasteiger partial charge in [0.2, 0.25) is 0 Å². The van der Waals surface area contributed by atoms with Gasteiger partial charge in [0.05, 0.1) is 11.5 Å². The Balaban J connectivity index is 2.74. The van der Waals surface area contributed by atoms with Gasteiger partial charge in [-0.3, -0.25) is 4.79 Å². The lowest BCUT2D eigenvalue weighted by Crippen LogP contribution is -2.21. The molecule has 29 heavy (non-hydrogen) atoms. The first-order valence-electron chi connectivity index (χ1n) is 8.67. The van der Waals surface area contributed by atoms with E-state index in [1.165, 1.54) is 37.3 Å². The van der Waals surface area contributed by atoms with Gasteiger partial charge in [0.1, 0.15) is 12.2 Å². The zero-order chi connectivity index (χ0) is 22.0. The van der Waals surface area contributed by atoms with Crippen LogP contribution in [0.25, 0.3) is 16.8 Å². The first-order chi connectivity index (χ1) is 13.4.